The normalized spacial score (nSPS) is 21.4. The molecule has 0 saturated carbocycles. The van der Waals surface area contributed by atoms with E-state index < -0.39 is 38.6 Å². The van der Waals surface area contributed by atoms with Crippen LogP contribution in [0.15, 0.2) is 53.4 Å². The van der Waals surface area contributed by atoms with Crippen molar-refractivity contribution in [2.75, 3.05) is 0 Å². The molecule has 1 fully saturated rings. The van der Waals surface area contributed by atoms with Gasteiger partial charge in [0.2, 0.25) is 10.0 Å². The highest BCUT2D eigenvalue weighted by atomic mass is 32.2. The van der Waals surface area contributed by atoms with Crippen LogP contribution in [-0.4, -0.2) is 35.3 Å². The molecule has 0 N–H and O–H groups in total. The van der Waals surface area contributed by atoms with Gasteiger partial charge in [-0.2, -0.15) is 4.31 Å². The molecule has 0 aromatic heterocycles. The van der Waals surface area contributed by atoms with Crippen LogP contribution < -0.4 is 0 Å². The van der Waals surface area contributed by atoms with Gasteiger partial charge in [-0.25, -0.2) is 8.42 Å². The van der Waals surface area contributed by atoms with E-state index in [-0.39, 0.29) is 10.6 Å². The Morgan fingerprint density at radius 3 is 2.31 bits per heavy atom. The van der Waals surface area contributed by atoms with Crippen LogP contribution in [0.5, 0.6) is 0 Å². The van der Waals surface area contributed by atoms with Crippen LogP contribution >= 0.6 is 0 Å². The number of ether oxygens (including phenoxy) is 1. The molecule has 3 atom stereocenters. The SMILES string of the molecule is Cc1ccc(S(=O)(=O)N2C(C(=O)OC(C)(C)C)C2c2cccc([N+](=O)[O-])c2)cc1. The number of hydrogen-bond acceptors (Lipinski definition) is 6. The molecule has 0 bridgehead atoms. The third-order valence-corrected chi connectivity index (χ3v) is 6.30. The maximum absolute atomic E-state index is 13.2. The average molecular weight is 418 g/mol. The van der Waals surface area contributed by atoms with Crippen molar-refractivity contribution in [3.8, 4) is 0 Å². The highest BCUT2D eigenvalue weighted by Crippen LogP contribution is 2.49. The van der Waals surface area contributed by atoms with E-state index in [0.29, 0.717) is 5.56 Å². The van der Waals surface area contributed by atoms with Gasteiger partial charge >= 0.3 is 5.97 Å². The number of rotatable bonds is 5. The fourth-order valence-corrected chi connectivity index (χ4v) is 4.79. The summed E-state index contributed by atoms with van der Waals surface area (Å²) in [5, 5.41) is 11.1. The molecule has 3 unspecified atom stereocenters. The van der Waals surface area contributed by atoms with E-state index in [1.54, 1.807) is 39.0 Å². The Morgan fingerprint density at radius 2 is 1.76 bits per heavy atom. The van der Waals surface area contributed by atoms with Crippen LogP contribution in [0.25, 0.3) is 0 Å². The molecule has 3 rings (SSSR count). The predicted octanol–water partition coefficient (Wildman–Crippen LogP) is 3.36. The Labute approximate surface area is 169 Å². The molecule has 1 aliphatic heterocycles. The first-order chi connectivity index (χ1) is 13.4. The molecule has 0 aliphatic carbocycles. The molecule has 154 valence electrons. The lowest BCUT2D eigenvalue weighted by molar-refractivity contribution is -0.384. The third kappa shape index (κ3) is 4.30. The summed E-state index contributed by atoms with van der Waals surface area (Å²) in [7, 11) is -4.00. The summed E-state index contributed by atoms with van der Waals surface area (Å²) < 4.78 is 32.8. The summed E-state index contributed by atoms with van der Waals surface area (Å²) in [5.74, 6) is -0.690. The average Bonchev–Trinajstić information content (AvgIpc) is 3.37. The Balaban J connectivity index is 2.02. The van der Waals surface area contributed by atoms with Crippen LogP contribution in [0.2, 0.25) is 0 Å². The summed E-state index contributed by atoms with van der Waals surface area (Å²) in [5.41, 5.74) is 0.288. The van der Waals surface area contributed by atoms with Crippen molar-refractivity contribution in [1.82, 2.24) is 4.31 Å². The molecule has 1 saturated heterocycles. The Kier molecular flexibility index (Phi) is 5.22. The smallest absolute Gasteiger partial charge is 0.327 e. The van der Waals surface area contributed by atoms with E-state index in [4.69, 9.17) is 4.74 Å². The number of benzene rings is 2. The van der Waals surface area contributed by atoms with E-state index >= 15 is 0 Å². The summed E-state index contributed by atoms with van der Waals surface area (Å²) in [4.78, 5) is 23.3. The molecule has 2 aromatic carbocycles. The van der Waals surface area contributed by atoms with Crippen LogP contribution in [0, 0.1) is 17.0 Å². The number of hydrogen-bond donors (Lipinski definition) is 0. The second-order valence-corrected chi connectivity index (χ2v) is 9.77. The monoisotopic (exact) mass is 418 g/mol. The first-order valence-electron chi connectivity index (χ1n) is 8.99. The zero-order valence-corrected chi connectivity index (χ0v) is 17.3. The van der Waals surface area contributed by atoms with Crippen LogP contribution in [0.1, 0.15) is 37.9 Å². The van der Waals surface area contributed by atoms with Gasteiger partial charge in [0.1, 0.15) is 11.6 Å². The summed E-state index contributed by atoms with van der Waals surface area (Å²) >= 11 is 0. The molecule has 1 heterocycles. The molecular formula is C20H22N2O6S. The van der Waals surface area contributed by atoms with E-state index in [1.165, 1.54) is 30.3 Å². The van der Waals surface area contributed by atoms with Crippen molar-refractivity contribution in [2.45, 2.75) is 50.3 Å². The predicted molar refractivity (Wildman–Crippen MR) is 106 cm³/mol. The molecule has 0 radical (unpaired) electrons. The Bertz CT molecular complexity index is 1060. The maximum Gasteiger partial charge on any atom is 0.327 e. The molecule has 0 spiro atoms. The van der Waals surface area contributed by atoms with Gasteiger partial charge in [0.15, 0.2) is 0 Å². The van der Waals surface area contributed by atoms with Crippen molar-refractivity contribution < 1.29 is 22.9 Å². The molecule has 1 aliphatic rings. The van der Waals surface area contributed by atoms with E-state index in [1.807, 2.05) is 6.92 Å². The van der Waals surface area contributed by atoms with Crippen LogP contribution in [-0.2, 0) is 19.6 Å². The van der Waals surface area contributed by atoms with Crippen molar-refractivity contribution >= 4 is 21.7 Å². The molecule has 29 heavy (non-hydrogen) atoms. The number of nitro groups is 1. The minimum atomic E-state index is -4.00. The van der Waals surface area contributed by atoms with Gasteiger partial charge in [0.25, 0.3) is 5.69 Å². The molecule has 2 aromatic rings. The number of nitro benzene ring substituents is 1. The lowest BCUT2D eigenvalue weighted by Crippen LogP contribution is -2.29. The quantitative estimate of drug-likeness (QED) is 0.319. The van der Waals surface area contributed by atoms with Gasteiger partial charge in [-0.15, -0.1) is 0 Å². The zero-order valence-electron chi connectivity index (χ0n) is 16.5. The lowest BCUT2D eigenvalue weighted by atomic mass is 10.1. The van der Waals surface area contributed by atoms with Crippen molar-refractivity contribution in [3.05, 3.63) is 69.8 Å². The van der Waals surface area contributed by atoms with Gasteiger partial charge in [-0.3, -0.25) is 14.9 Å². The minimum Gasteiger partial charge on any atom is -0.459 e. The van der Waals surface area contributed by atoms with Crippen LogP contribution in [0.4, 0.5) is 5.69 Å². The highest BCUT2D eigenvalue weighted by molar-refractivity contribution is 7.89. The number of carbonyl (C=O) groups excluding carboxylic acids is 1. The van der Waals surface area contributed by atoms with Crippen LogP contribution in [0.3, 0.4) is 0 Å². The fourth-order valence-electron chi connectivity index (χ4n) is 3.09. The Hall–Kier alpha value is -2.78. The standard InChI is InChI=1S/C20H22N2O6S/c1-13-8-10-16(11-9-13)29(26,27)21-17(18(21)19(23)28-20(2,3)4)14-6-5-7-15(12-14)22(24)25/h5-12,17-18H,1-4H3. The van der Waals surface area contributed by atoms with Crippen molar-refractivity contribution in [3.63, 3.8) is 0 Å². The number of esters is 1. The lowest BCUT2D eigenvalue weighted by Gasteiger charge is -2.19. The number of nitrogens with zero attached hydrogens (tertiary/aromatic N) is 2. The van der Waals surface area contributed by atoms with Gasteiger partial charge in [-0.05, 0) is 45.4 Å². The summed E-state index contributed by atoms with van der Waals surface area (Å²) in [6.07, 6.45) is 0. The van der Waals surface area contributed by atoms with Gasteiger partial charge in [-0.1, -0.05) is 29.8 Å². The molecule has 9 heteroatoms. The minimum absolute atomic E-state index is 0.0459. The number of non-ortho nitro benzene ring substituents is 1. The van der Waals surface area contributed by atoms with Gasteiger partial charge in [0.05, 0.1) is 15.9 Å². The number of carbonyl (C=O) groups is 1. The first kappa shape index (κ1) is 20.9. The third-order valence-electron chi connectivity index (χ3n) is 4.42. The topological polar surface area (TPSA) is 107 Å². The largest absolute Gasteiger partial charge is 0.459 e. The molecule has 0 amide bonds. The van der Waals surface area contributed by atoms with Gasteiger partial charge < -0.3 is 4.74 Å². The first-order valence-corrected chi connectivity index (χ1v) is 10.4. The van der Waals surface area contributed by atoms with Crippen molar-refractivity contribution in [2.24, 2.45) is 0 Å². The van der Waals surface area contributed by atoms with E-state index in [9.17, 15) is 23.3 Å². The second-order valence-electron chi connectivity index (χ2n) is 7.92. The fraction of sp³-hybridized carbons (Fsp3) is 0.350. The zero-order chi connectivity index (χ0) is 21.6. The van der Waals surface area contributed by atoms with E-state index in [2.05, 4.69) is 0 Å². The number of aryl methyl sites for hydroxylation is 1. The highest BCUT2D eigenvalue weighted by Gasteiger charge is 2.62. The molecular weight excluding hydrogens is 396 g/mol. The Morgan fingerprint density at radius 1 is 1.14 bits per heavy atom. The maximum atomic E-state index is 13.2. The number of sulfonamides is 1. The van der Waals surface area contributed by atoms with Gasteiger partial charge in [0, 0.05) is 12.1 Å². The van der Waals surface area contributed by atoms with Crippen molar-refractivity contribution in [1.29, 1.82) is 0 Å². The summed E-state index contributed by atoms with van der Waals surface area (Å²) in [6, 6.07) is 9.97. The summed E-state index contributed by atoms with van der Waals surface area (Å²) in [6.45, 7) is 6.90. The molecule has 8 nitrogen and oxygen atoms in total. The van der Waals surface area contributed by atoms with E-state index in [0.717, 1.165) is 9.87 Å². The second kappa shape index (κ2) is 7.23.